The molecule has 3 aromatic rings. The van der Waals surface area contributed by atoms with E-state index in [4.69, 9.17) is 9.72 Å². The van der Waals surface area contributed by atoms with Crippen LogP contribution in [-0.2, 0) is 16.6 Å². The quantitative estimate of drug-likeness (QED) is 0.523. The van der Waals surface area contributed by atoms with Gasteiger partial charge in [-0.05, 0) is 50.5 Å². The summed E-state index contributed by atoms with van der Waals surface area (Å²) in [6.07, 6.45) is 4.43. The topological polar surface area (TPSA) is 118 Å². The normalized spacial score (nSPS) is 16.4. The zero-order valence-corrected chi connectivity index (χ0v) is 21.5. The molecule has 11 heteroatoms. The third kappa shape index (κ3) is 4.22. The molecule has 0 radical (unpaired) electrons. The van der Waals surface area contributed by atoms with Crippen LogP contribution in [0.1, 0.15) is 41.0 Å². The predicted molar refractivity (Wildman–Crippen MR) is 136 cm³/mol. The number of amides is 1. The molecule has 0 saturated carbocycles. The molecule has 1 saturated heterocycles. The average Bonchev–Trinajstić information content (AvgIpc) is 3.15. The lowest BCUT2D eigenvalue weighted by molar-refractivity contribution is 0.0926. The van der Waals surface area contributed by atoms with Crippen molar-refractivity contribution in [3.05, 3.63) is 47.4 Å². The van der Waals surface area contributed by atoms with E-state index in [1.165, 1.54) is 11.4 Å². The molecule has 1 amide bonds. The van der Waals surface area contributed by atoms with Gasteiger partial charge in [0, 0.05) is 55.4 Å². The van der Waals surface area contributed by atoms with Gasteiger partial charge in [0.2, 0.25) is 16.0 Å². The molecule has 190 valence electrons. The summed E-state index contributed by atoms with van der Waals surface area (Å²) in [5.41, 5.74) is 4.74. The zero-order chi connectivity index (χ0) is 25.4. The number of carbonyl (C=O) groups excluding carboxylic acids is 1. The van der Waals surface area contributed by atoms with Crippen molar-refractivity contribution in [1.29, 1.82) is 0 Å². The number of hydrogen-bond acceptors (Lipinski definition) is 7. The molecule has 5 rings (SSSR count). The first-order chi connectivity index (χ1) is 17.3. The molecule has 2 N–H and O–H groups in total. The van der Waals surface area contributed by atoms with E-state index in [2.05, 4.69) is 15.6 Å². The van der Waals surface area contributed by atoms with Gasteiger partial charge in [-0.1, -0.05) is 6.42 Å². The Balaban J connectivity index is 1.44. The fourth-order valence-corrected chi connectivity index (χ4v) is 6.75. The Morgan fingerprint density at radius 3 is 2.58 bits per heavy atom. The lowest BCUT2D eigenvalue weighted by Gasteiger charge is -2.26. The molecule has 0 bridgehead atoms. The van der Waals surface area contributed by atoms with Crippen LogP contribution in [0.4, 0.5) is 11.6 Å². The highest BCUT2D eigenvalue weighted by Crippen LogP contribution is 2.34. The number of aromatic nitrogens is 3. The van der Waals surface area contributed by atoms with E-state index in [0.29, 0.717) is 42.7 Å². The van der Waals surface area contributed by atoms with E-state index in [1.807, 2.05) is 24.5 Å². The highest BCUT2D eigenvalue weighted by molar-refractivity contribution is 7.89. The molecule has 4 heterocycles. The van der Waals surface area contributed by atoms with Gasteiger partial charge in [-0.15, -0.1) is 0 Å². The Morgan fingerprint density at radius 1 is 1.08 bits per heavy atom. The van der Waals surface area contributed by atoms with Gasteiger partial charge in [0.25, 0.3) is 5.91 Å². The summed E-state index contributed by atoms with van der Waals surface area (Å²) in [4.78, 5) is 21.6. The number of hydrogen-bond donors (Lipinski definition) is 2. The van der Waals surface area contributed by atoms with Crippen molar-refractivity contribution >= 4 is 27.6 Å². The zero-order valence-electron chi connectivity index (χ0n) is 20.7. The van der Waals surface area contributed by atoms with E-state index in [0.717, 1.165) is 42.6 Å². The Hall–Kier alpha value is -3.44. The molecule has 10 nitrogen and oxygen atoms in total. The van der Waals surface area contributed by atoms with E-state index < -0.39 is 10.0 Å². The summed E-state index contributed by atoms with van der Waals surface area (Å²) >= 11 is 0. The maximum atomic E-state index is 13.2. The fourth-order valence-electron chi connectivity index (χ4n) is 5.10. The van der Waals surface area contributed by atoms with Gasteiger partial charge in [0.05, 0.1) is 12.8 Å². The van der Waals surface area contributed by atoms with Crippen molar-refractivity contribution in [2.75, 3.05) is 32.1 Å². The minimum atomic E-state index is -3.64. The van der Waals surface area contributed by atoms with E-state index >= 15 is 0 Å². The van der Waals surface area contributed by atoms with Crippen LogP contribution in [0, 0.1) is 13.8 Å². The second kappa shape index (κ2) is 9.55. The Labute approximate surface area is 210 Å². The number of benzene rings is 1. The van der Waals surface area contributed by atoms with Gasteiger partial charge in [0.15, 0.2) is 0 Å². The molecule has 2 aromatic heterocycles. The van der Waals surface area contributed by atoms with Crippen LogP contribution in [-0.4, -0.2) is 59.9 Å². The first-order valence-electron chi connectivity index (χ1n) is 12.1. The lowest BCUT2D eigenvalue weighted by atomic mass is 10.1. The largest absolute Gasteiger partial charge is 0.495 e. The number of ether oxygens (including phenoxy) is 1. The van der Waals surface area contributed by atoms with E-state index in [9.17, 15) is 13.2 Å². The predicted octanol–water partition coefficient (Wildman–Crippen LogP) is 3.23. The number of fused-ring (bicyclic) bond motifs is 1. The second-order valence-corrected chi connectivity index (χ2v) is 11.0. The first kappa shape index (κ1) is 24.3. The Bertz CT molecular complexity index is 1430. The van der Waals surface area contributed by atoms with E-state index in [1.54, 1.807) is 24.4 Å². The Morgan fingerprint density at radius 2 is 1.86 bits per heavy atom. The summed E-state index contributed by atoms with van der Waals surface area (Å²) in [5.74, 6) is 0.542. The number of sulfonamides is 1. The number of methoxy groups -OCH3 is 1. The van der Waals surface area contributed by atoms with Gasteiger partial charge < -0.3 is 19.9 Å². The Kier molecular flexibility index (Phi) is 6.44. The molecule has 1 aromatic carbocycles. The van der Waals surface area contributed by atoms with Crippen LogP contribution in [0.25, 0.3) is 11.3 Å². The first-order valence-corrected chi connectivity index (χ1v) is 13.5. The number of carbonyl (C=O) groups is 1. The lowest BCUT2D eigenvalue weighted by Crippen LogP contribution is -2.35. The molecule has 0 atom stereocenters. The van der Waals surface area contributed by atoms with Crippen molar-refractivity contribution in [3.8, 4) is 17.0 Å². The van der Waals surface area contributed by atoms with Crippen molar-refractivity contribution in [2.24, 2.45) is 0 Å². The minimum Gasteiger partial charge on any atom is -0.495 e. The van der Waals surface area contributed by atoms with Crippen LogP contribution < -0.4 is 15.4 Å². The van der Waals surface area contributed by atoms with Crippen LogP contribution in [0.3, 0.4) is 0 Å². The molecule has 0 aliphatic carbocycles. The van der Waals surface area contributed by atoms with Crippen LogP contribution >= 0.6 is 0 Å². The molecule has 2 aliphatic rings. The van der Waals surface area contributed by atoms with Gasteiger partial charge in [0.1, 0.15) is 16.3 Å². The molecule has 1 fully saturated rings. The second-order valence-electron chi connectivity index (χ2n) is 9.06. The van der Waals surface area contributed by atoms with Crippen LogP contribution in [0.15, 0.2) is 35.4 Å². The van der Waals surface area contributed by atoms with Crippen molar-refractivity contribution in [3.63, 3.8) is 0 Å². The number of anilines is 2. The summed E-state index contributed by atoms with van der Waals surface area (Å²) in [6, 6.07) is 6.71. The summed E-state index contributed by atoms with van der Waals surface area (Å²) in [7, 11) is -2.18. The van der Waals surface area contributed by atoms with Gasteiger partial charge in [-0.2, -0.15) is 4.31 Å². The van der Waals surface area contributed by atoms with Crippen molar-refractivity contribution in [1.82, 2.24) is 24.2 Å². The molecule has 0 spiro atoms. The number of nitrogens with one attached hydrogen (secondary N) is 2. The third-order valence-corrected chi connectivity index (χ3v) is 8.81. The van der Waals surface area contributed by atoms with Crippen LogP contribution in [0.2, 0.25) is 0 Å². The molecule has 2 aliphatic heterocycles. The van der Waals surface area contributed by atoms with E-state index in [-0.39, 0.29) is 16.6 Å². The molecule has 36 heavy (non-hydrogen) atoms. The van der Waals surface area contributed by atoms with Crippen LogP contribution in [0.5, 0.6) is 5.75 Å². The van der Waals surface area contributed by atoms with Crippen molar-refractivity contribution < 1.29 is 17.9 Å². The standard InChI is InChI=1S/C25H30N6O4S/c1-16-22(17(2)31-14-11-26-24(32)23(16)31)19-9-10-27-25(29-19)28-18-7-8-21(20(15-18)35-3)36(33,34)30-12-5-4-6-13-30/h7-10,15H,4-6,11-14H2,1-3H3,(H,26,32)(H,27,28,29). The van der Waals surface area contributed by atoms with Gasteiger partial charge in [-0.25, -0.2) is 18.4 Å². The maximum absolute atomic E-state index is 13.2. The molecular formula is C25H30N6O4S. The minimum absolute atomic E-state index is 0.0767. The smallest absolute Gasteiger partial charge is 0.268 e. The van der Waals surface area contributed by atoms with Gasteiger partial charge >= 0.3 is 0 Å². The summed E-state index contributed by atoms with van der Waals surface area (Å²) < 4.78 is 35.4. The highest BCUT2D eigenvalue weighted by atomic mass is 32.2. The molecular weight excluding hydrogens is 480 g/mol. The maximum Gasteiger partial charge on any atom is 0.268 e. The fraction of sp³-hybridized carbons (Fsp3) is 0.400. The number of rotatable bonds is 6. The number of nitrogens with zero attached hydrogens (tertiary/aromatic N) is 4. The SMILES string of the molecule is COc1cc(Nc2nccc(-c3c(C)c4n(c3C)CCNC4=O)n2)ccc1S(=O)(=O)N1CCCCC1. The average molecular weight is 511 g/mol. The van der Waals surface area contributed by atoms with Gasteiger partial charge in [-0.3, -0.25) is 4.79 Å². The molecule has 0 unspecified atom stereocenters. The number of piperidine rings is 1. The summed E-state index contributed by atoms with van der Waals surface area (Å²) in [6.45, 7) is 6.29. The van der Waals surface area contributed by atoms with Crippen molar-refractivity contribution in [2.45, 2.75) is 44.6 Å². The monoisotopic (exact) mass is 510 g/mol. The summed E-state index contributed by atoms with van der Waals surface area (Å²) in [5, 5.41) is 6.06. The highest BCUT2D eigenvalue weighted by Gasteiger charge is 2.29. The third-order valence-electron chi connectivity index (χ3n) is 6.87.